The fraction of sp³-hybridized carbons (Fsp3) is 0.333. The van der Waals surface area contributed by atoms with Crippen LogP contribution in [0.4, 0.5) is 0 Å². The molecule has 5 heteroatoms. The minimum atomic E-state index is 0.0396. The molecule has 4 heterocycles. The largest absolute Gasteiger partial charge is 0.338 e. The lowest BCUT2D eigenvalue weighted by molar-refractivity contribution is 0.254. The molecule has 0 aliphatic carbocycles. The molecule has 1 aromatic carbocycles. The minimum absolute atomic E-state index is 0.0396. The van der Waals surface area contributed by atoms with Crippen LogP contribution in [0.2, 0.25) is 0 Å². The lowest BCUT2D eigenvalue weighted by atomic mass is 9.95. The van der Waals surface area contributed by atoms with Crippen molar-refractivity contribution in [2.75, 3.05) is 5.75 Å². The maximum absolute atomic E-state index is 5.16. The van der Waals surface area contributed by atoms with Gasteiger partial charge in [0.1, 0.15) is 6.04 Å². The summed E-state index contributed by atoms with van der Waals surface area (Å²) in [6.07, 6.45) is 3.02. The summed E-state index contributed by atoms with van der Waals surface area (Å²) >= 11 is 1.90. The molecule has 1 fully saturated rings. The van der Waals surface area contributed by atoms with Crippen molar-refractivity contribution in [1.82, 2.24) is 14.5 Å². The number of para-hydroxylation sites is 1. The monoisotopic (exact) mass is 402 g/mol. The van der Waals surface area contributed by atoms with Gasteiger partial charge in [-0.2, -0.15) is 0 Å². The number of rotatable bonds is 4. The molecular formula is C24H26N4S. The standard InChI is InChI=1S/C24H26N4S/c1-4-18-15-29-24-26-22(21-12-8-9-13-25-21)23(28(18)24)20-14-16(2)27(17(20)3)19-10-6-5-7-11-19/h5-14,18,22-23H,4,15H2,1-3H3/t18-,22-,23+/m1/s1. The van der Waals surface area contributed by atoms with Crippen LogP contribution in [-0.4, -0.2) is 31.4 Å². The Morgan fingerprint density at radius 2 is 1.86 bits per heavy atom. The van der Waals surface area contributed by atoms with E-state index in [-0.39, 0.29) is 12.1 Å². The van der Waals surface area contributed by atoms with E-state index in [1.54, 1.807) is 0 Å². The smallest absolute Gasteiger partial charge is 0.160 e. The first-order valence-electron chi connectivity index (χ1n) is 10.3. The highest BCUT2D eigenvalue weighted by Crippen LogP contribution is 2.49. The Kier molecular flexibility index (Phi) is 4.70. The Balaban J connectivity index is 1.64. The molecule has 2 aliphatic rings. The maximum atomic E-state index is 5.16. The third kappa shape index (κ3) is 2.99. The van der Waals surface area contributed by atoms with Crippen molar-refractivity contribution in [3.63, 3.8) is 0 Å². The highest BCUT2D eigenvalue weighted by Gasteiger charge is 2.46. The number of hydrogen-bond acceptors (Lipinski definition) is 4. The number of aliphatic imine (C=N–C) groups is 1. The molecule has 0 N–H and O–H groups in total. The summed E-state index contributed by atoms with van der Waals surface area (Å²) in [4.78, 5) is 12.4. The van der Waals surface area contributed by atoms with Crippen LogP contribution in [0, 0.1) is 13.8 Å². The molecule has 0 amide bonds. The van der Waals surface area contributed by atoms with Crippen LogP contribution < -0.4 is 0 Å². The van der Waals surface area contributed by atoms with Crippen LogP contribution in [0.5, 0.6) is 0 Å². The molecule has 1 saturated heterocycles. The summed E-state index contributed by atoms with van der Waals surface area (Å²) in [6.45, 7) is 6.73. The van der Waals surface area contributed by atoms with Gasteiger partial charge >= 0.3 is 0 Å². The van der Waals surface area contributed by atoms with Gasteiger partial charge in [-0.05, 0) is 56.2 Å². The number of thioether (sulfide) groups is 1. The highest BCUT2D eigenvalue weighted by atomic mass is 32.2. The summed E-state index contributed by atoms with van der Waals surface area (Å²) in [5, 5.41) is 1.18. The molecule has 29 heavy (non-hydrogen) atoms. The Labute approximate surface area is 176 Å². The first kappa shape index (κ1) is 18.5. The van der Waals surface area contributed by atoms with E-state index in [1.807, 2.05) is 24.0 Å². The Morgan fingerprint density at radius 3 is 2.59 bits per heavy atom. The quantitative estimate of drug-likeness (QED) is 0.580. The van der Waals surface area contributed by atoms with Crippen molar-refractivity contribution >= 4 is 16.9 Å². The first-order chi connectivity index (χ1) is 14.2. The predicted molar refractivity (Wildman–Crippen MR) is 121 cm³/mol. The molecule has 3 atom stereocenters. The van der Waals surface area contributed by atoms with Crippen molar-refractivity contribution < 1.29 is 0 Å². The van der Waals surface area contributed by atoms with Gasteiger partial charge < -0.3 is 9.47 Å². The van der Waals surface area contributed by atoms with Gasteiger partial charge in [-0.3, -0.25) is 9.98 Å². The molecule has 3 aromatic rings. The second kappa shape index (κ2) is 7.38. The molecule has 148 valence electrons. The van der Waals surface area contributed by atoms with E-state index in [9.17, 15) is 0 Å². The normalized spacial score (nSPS) is 23.3. The zero-order chi connectivity index (χ0) is 20.0. The number of nitrogens with zero attached hydrogens (tertiary/aromatic N) is 4. The lowest BCUT2D eigenvalue weighted by Gasteiger charge is -2.32. The predicted octanol–water partition coefficient (Wildman–Crippen LogP) is 5.47. The van der Waals surface area contributed by atoms with E-state index in [1.165, 1.54) is 27.8 Å². The minimum Gasteiger partial charge on any atom is -0.338 e. The SMILES string of the molecule is CC[C@@H]1CSC2=N[C@H](c3ccccn3)[C@H](c3cc(C)n(-c4ccccc4)c3C)N21. The summed E-state index contributed by atoms with van der Waals surface area (Å²) < 4.78 is 2.37. The van der Waals surface area contributed by atoms with Crippen LogP contribution >= 0.6 is 11.8 Å². The zero-order valence-corrected chi connectivity index (χ0v) is 17.9. The molecular weight excluding hydrogens is 376 g/mol. The fourth-order valence-corrected chi connectivity index (χ4v) is 6.09. The Bertz CT molecular complexity index is 1040. The van der Waals surface area contributed by atoms with E-state index in [4.69, 9.17) is 4.99 Å². The molecule has 0 saturated carbocycles. The van der Waals surface area contributed by atoms with E-state index < -0.39 is 0 Å². The van der Waals surface area contributed by atoms with E-state index >= 15 is 0 Å². The summed E-state index contributed by atoms with van der Waals surface area (Å²) in [5.41, 5.74) is 6.19. The number of aromatic nitrogens is 2. The lowest BCUT2D eigenvalue weighted by Crippen LogP contribution is -2.35. The Hall–Kier alpha value is -2.53. The number of hydrogen-bond donors (Lipinski definition) is 0. The van der Waals surface area contributed by atoms with Gasteiger partial charge in [-0.1, -0.05) is 43.0 Å². The van der Waals surface area contributed by atoms with Gasteiger partial charge in [0.05, 0.1) is 11.7 Å². The topological polar surface area (TPSA) is 33.4 Å². The molecule has 5 rings (SSSR count). The molecule has 0 spiro atoms. The average molecular weight is 403 g/mol. The summed E-state index contributed by atoms with van der Waals surface area (Å²) in [5.74, 6) is 1.12. The van der Waals surface area contributed by atoms with Crippen molar-refractivity contribution in [3.05, 3.63) is 83.4 Å². The van der Waals surface area contributed by atoms with Gasteiger partial charge in [0.2, 0.25) is 0 Å². The number of aryl methyl sites for hydroxylation is 1. The van der Waals surface area contributed by atoms with E-state index in [2.05, 4.69) is 83.8 Å². The van der Waals surface area contributed by atoms with Gasteiger partial charge in [0.15, 0.2) is 5.17 Å². The average Bonchev–Trinajstić information content (AvgIpc) is 3.40. The van der Waals surface area contributed by atoms with Gasteiger partial charge in [0, 0.05) is 35.1 Å². The molecule has 2 aliphatic heterocycles. The number of amidine groups is 1. The van der Waals surface area contributed by atoms with Crippen molar-refractivity contribution in [2.45, 2.75) is 45.3 Å². The molecule has 2 aromatic heterocycles. The maximum Gasteiger partial charge on any atom is 0.160 e. The molecule has 0 radical (unpaired) electrons. The highest BCUT2D eigenvalue weighted by molar-refractivity contribution is 8.14. The van der Waals surface area contributed by atoms with Gasteiger partial charge in [-0.15, -0.1) is 0 Å². The van der Waals surface area contributed by atoms with Crippen LogP contribution in [0.1, 0.15) is 48.1 Å². The van der Waals surface area contributed by atoms with Gasteiger partial charge in [-0.25, -0.2) is 0 Å². The number of pyridine rings is 1. The van der Waals surface area contributed by atoms with Crippen LogP contribution in [0.15, 0.2) is 65.8 Å². The van der Waals surface area contributed by atoms with Crippen molar-refractivity contribution in [3.8, 4) is 5.69 Å². The third-order valence-corrected chi connectivity index (χ3v) is 7.26. The summed E-state index contributed by atoms with van der Waals surface area (Å²) in [6, 6.07) is 19.9. The second-order valence-corrected chi connectivity index (χ2v) is 8.82. The fourth-order valence-electron chi connectivity index (χ4n) is 4.75. The third-order valence-electron chi connectivity index (χ3n) is 6.13. The second-order valence-electron chi connectivity index (χ2n) is 7.83. The van der Waals surface area contributed by atoms with Crippen LogP contribution in [0.3, 0.4) is 0 Å². The van der Waals surface area contributed by atoms with E-state index in [0.29, 0.717) is 6.04 Å². The first-order valence-corrected chi connectivity index (χ1v) is 11.3. The van der Waals surface area contributed by atoms with E-state index in [0.717, 1.165) is 17.9 Å². The molecule has 4 nitrogen and oxygen atoms in total. The number of fused-ring (bicyclic) bond motifs is 1. The summed E-state index contributed by atoms with van der Waals surface area (Å²) in [7, 11) is 0. The Morgan fingerprint density at radius 1 is 1.07 bits per heavy atom. The van der Waals surface area contributed by atoms with Crippen molar-refractivity contribution in [2.24, 2.45) is 4.99 Å². The van der Waals surface area contributed by atoms with Gasteiger partial charge in [0.25, 0.3) is 0 Å². The zero-order valence-electron chi connectivity index (χ0n) is 17.1. The van der Waals surface area contributed by atoms with Crippen molar-refractivity contribution in [1.29, 1.82) is 0 Å². The number of benzene rings is 1. The van der Waals surface area contributed by atoms with Crippen LogP contribution in [-0.2, 0) is 0 Å². The molecule has 0 unspecified atom stereocenters. The molecule has 0 bridgehead atoms. The van der Waals surface area contributed by atoms with Crippen LogP contribution in [0.25, 0.3) is 5.69 Å².